The van der Waals surface area contributed by atoms with Gasteiger partial charge in [0.05, 0.1) is 0 Å². The largest absolute Gasteiger partial charge is 0.399 e. The summed E-state index contributed by atoms with van der Waals surface area (Å²) in [5.41, 5.74) is 10.6. The predicted octanol–water partition coefficient (Wildman–Crippen LogP) is 3.75. The van der Waals surface area contributed by atoms with Crippen molar-refractivity contribution >= 4 is 11.4 Å². The van der Waals surface area contributed by atoms with E-state index in [9.17, 15) is 0 Å². The molecule has 0 aromatic heterocycles. The molecule has 0 heterocycles. The van der Waals surface area contributed by atoms with Crippen LogP contribution in [0.3, 0.4) is 0 Å². The summed E-state index contributed by atoms with van der Waals surface area (Å²) in [6.07, 6.45) is 2.60. The summed E-state index contributed by atoms with van der Waals surface area (Å²) in [4.78, 5) is 2.50. The van der Waals surface area contributed by atoms with Crippen molar-refractivity contribution in [2.45, 2.75) is 32.4 Å². The maximum atomic E-state index is 5.91. The maximum absolute atomic E-state index is 5.91. The molecule has 2 nitrogen and oxygen atoms in total. The maximum Gasteiger partial charge on any atom is 0.0432 e. The Labute approximate surface area is 114 Å². The zero-order chi connectivity index (χ0) is 13.2. The molecule has 1 aliphatic carbocycles. The molecule has 0 spiro atoms. The van der Waals surface area contributed by atoms with Crippen LogP contribution in [-0.2, 0) is 6.54 Å². The minimum absolute atomic E-state index is 0.697. The predicted molar refractivity (Wildman–Crippen MR) is 81.2 cm³/mol. The third kappa shape index (κ3) is 2.73. The number of nitrogens with two attached hydrogens (primary N) is 1. The topological polar surface area (TPSA) is 29.3 Å². The Hall–Kier alpha value is -1.96. The van der Waals surface area contributed by atoms with Crippen molar-refractivity contribution in [3.63, 3.8) is 0 Å². The lowest BCUT2D eigenvalue weighted by atomic mass is 10.1. The second-order valence-electron chi connectivity index (χ2n) is 5.39. The van der Waals surface area contributed by atoms with Gasteiger partial charge in [0.2, 0.25) is 0 Å². The van der Waals surface area contributed by atoms with Crippen molar-refractivity contribution in [3.8, 4) is 0 Å². The highest BCUT2D eigenvalue weighted by molar-refractivity contribution is 5.59. The highest BCUT2D eigenvalue weighted by atomic mass is 15.2. The SMILES string of the molecule is Cc1cc(N(Cc2ccccc2)C2CC2)ccc1N. The number of aryl methyl sites for hydroxylation is 1. The van der Waals surface area contributed by atoms with E-state index < -0.39 is 0 Å². The van der Waals surface area contributed by atoms with Gasteiger partial charge in [0.15, 0.2) is 0 Å². The fraction of sp³-hybridized carbons (Fsp3) is 0.294. The quantitative estimate of drug-likeness (QED) is 0.840. The van der Waals surface area contributed by atoms with Gasteiger partial charge in [-0.3, -0.25) is 0 Å². The Morgan fingerprint density at radius 2 is 1.84 bits per heavy atom. The van der Waals surface area contributed by atoms with E-state index in [2.05, 4.69) is 54.3 Å². The molecule has 2 aromatic rings. The van der Waals surface area contributed by atoms with Crippen LogP contribution in [0.2, 0.25) is 0 Å². The standard InChI is InChI=1S/C17H20N2/c1-13-11-16(9-10-17(13)18)19(15-7-8-15)12-14-5-3-2-4-6-14/h2-6,9-11,15H,7-8,12,18H2,1H3. The number of benzene rings is 2. The molecule has 0 saturated heterocycles. The van der Waals surface area contributed by atoms with E-state index in [-0.39, 0.29) is 0 Å². The molecular formula is C17H20N2. The first-order valence-electron chi connectivity index (χ1n) is 6.91. The van der Waals surface area contributed by atoms with Gasteiger partial charge >= 0.3 is 0 Å². The number of hydrogen-bond acceptors (Lipinski definition) is 2. The number of nitrogens with zero attached hydrogens (tertiary/aromatic N) is 1. The van der Waals surface area contributed by atoms with Crippen LogP contribution in [-0.4, -0.2) is 6.04 Å². The van der Waals surface area contributed by atoms with Crippen LogP contribution in [0.1, 0.15) is 24.0 Å². The Balaban J connectivity index is 1.86. The highest BCUT2D eigenvalue weighted by Gasteiger charge is 2.29. The average Bonchev–Trinajstić information content (AvgIpc) is 3.25. The molecule has 1 saturated carbocycles. The Morgan fingerprint density at radius 1 is 1.11 bits per heavy atom. The molecular weight excluding hydrogens is 232 g/mol. The third-order valence-electron chi connectivity index (χ3n) is 3.77. The van der Waals surface area contributed by atoms with E-state index >= 15 is 0 Å². The minimum Gasteiger partial charge on any atom is -0.399 e. The summed E-state index contributed by atoms with van der Waals surface area (Å²) in [7, 11) is 0. The summed E-state index contributed by atoms with van der Waals surface area (Å²) in [6.45, 7) is 3.06. The molecule has 3 rings (SSSR count). The van der Waals surface area contributed by atoms with Crippen LogP contribution in [0, 0.1) is 6.92 Å². The summed E-state index contributed by atoms with van der Waals surface area (Å²) < 4.78 is 0. The van der Waals surface area contributed by atoms with Gasteiger partial charge in [-0.2, -0.15) is 0 Å². The molecule has 0 atom stereocenters. The molecule has 2 aromatic carbocycles. The van der Waals surface area contributed by atoms with Crippen LogP contribution >= 0.6 is 0 Å². The van der Waals surface area contributed by atoms with Crippen LogP contribution in [0.15, 0.2) is 48.5 Å². The first-order chi connectivity index (χ1) is 9.24. The molecule has 2 heteroatoms. The third-order valence-corrected chi connectivity index (χ3v) is 3.77. The Kier molecular flexibility index (Phi) is 3.16. The van der Waals surface area contributed by atoms with Gasteiger partial charge in [-0.05, 0) is 49.1 Å². The van der Waals surface area contributed by atoms with Gasteiger partial charge in [-0.15, -0.1) is 0 Å². The molecule has 2 N–H and O–H groups in total. The smallest absolute Gasteiger partial charge is 0.0432 e. The summed E-state index contributed by atoms with van der Waals surface area (Å²) in [6, 6.07) is 17.7. The van der Waals surface area contributed by atoms with Gasteiger partial charge in [0, 0.05) is 24.0 Å². The molecule has 19 heavy (non-hydrogen) atoms. The van der Waals surface area contributed by atoms with Crippen molar-refractivity contribution in [3.05, 3.63) is 59.7 Å². The highest BCUT2D eigenvalue weighted by Crippen LogP contribution is 2.34. The van der Waals surface area contributed by atoms with Crippen molar-refractivity contribution < 1.29 is 0 Å². The molecule has 98 valence electrons. The summed E-state index contributed by atoms with van der Waals surface area (Å²) in [5, 5.41) is 0. The zero-order valence-electron chi connectivity index (χ0n) is 11.3. The molecule has 0 amide bonds. The van der Waals surface area contributed by atoms with Crippen molar-refractivity contribution in [2.75, 3.05) is 10.6 Å². The summed E-state index contributed by atoms with van der Waals surface area (Å²) in [5.74, 6) is 0. The van der Waals surface area contributed by atoms with Gasteiger partial charge in [0.1, 0.15) is 0 Å². The van der Waals surface area contributed by atoms with Gasteiger partial charge in [0.25, 0.3) is 0 Å². The Bertz CT molecular complexity index is 559. The van der Waals surface area contributed by atoms with E-state index in [4.69, 9.17) is 5.73 Å². The minimum atomic E-state index is 0.697. The first-order valence-corrected chi connectivity index (χ1v) is 6.91. The van der Waals surface area contributed by atoms with Crippen LogP contribution in [0.25, 0.3) is 0 Å². The monoisotopic (exact) mass is 252 g/mol. The fourth-order valence-electron chi connectivity index (χ4n) is 2.44. The lowest BCUT2D eigenvalue weighted by molar-refractivity contribution is 0.794. The average molecular weight is 252 g/mol. The number of anilines is 2. The lowest BCUT2D eigenvalue weighted by Crippen LogP contribution is -2.25. The number of hydrogen-bond donors (Lipinski definition) is 1. The van der Waals surface area contributed by atoms with Crippen molar-refractivity contribution in [2.24, 2.45) is 0 Å². The van der Waals surface area contributed by atoms with E-state index in [1.165, 1.54) is 24.1 Å². The van der Waals surface area contributed by atoms with E-state index in [1.54, 1.807) is 0 Å². The molecule has 1 aliphatic rings. The zero-order valence-corrected chi connectivity index (χ0v) is 11.3. The van der Waals surface area contributed by atoms with E-state index in [0.717, 1.165) is 17.8 Å². The Morgan fingerprint density at radius 3 is 2.47 bits per heavy atom. The summed E-state index contributed by atoms with van der Waals surface area (Å²) >= 11 is 0. The van der Waals surface area contributed by atoms with Gasteiger partial charge in [-0.25, -0.2) is 0 Å². The molecule has 0 aliphatic heterocycles. The normalized spacial score (nSPS) is 14.4. The second kappa shape index (κ2) is 4.96. The molecule has 0 bridgehead atoms. The van der Waals surface area contributed by atoms with Crippen LogP contribution in [0.4, 0.5) is 11.4 Å². The van der Waals surface area contributed by atoms with E-state index in [1.807, 2.05) is 6.07 Å². The first kappa shape index (κ1) is 12.1. The molecule has 1 fully saturated rings. The molecule has 0 radical (unpaired) electrons. The molecule has 0 unspecified atom stereocenters. The fourth-order valence-corrected chi connectivity index (χ4v) is 2.44. The van der Waals surface area contributed by atoms with Gasteiger partial charge in [-0.1, -0.05) is 30.3 Å². The van der Waals surface area contributed by atoms with Crippen LogP contribution in [0.5, 0.6) is 0 Å². The lowest BCUT2D eigenvalue weighted by Gasteiger charge is -2.25. The number of nitrogen functional groups attached to an aromatic ring is 1. The van der Waals surface area contributed by atoms with Crippen LogP contribution < -0.4 is 10.6 Å². The van der Waals surface area contributed by atoms with Gasteiger partial charge < -0.3 is 10.6 Å². The second-order valence-corrected chi connectivity index (χ2v) is 5.39. The van der Waals surface area contributed by atoms with Crippen molar-refractivity contribution in [1.82, 2.24) is 0 Å². The number of rotatable bonds is 4. The van der Waals surface area contributed by atoms with Crippen molar-refractivity contribution in [1.29, 1.82) is 0 Å². The van der Waals surface area contributed by atoms with E-state index in [0.29, 0.717) is 6.04 Å².